The van der Waals surface area contributed by atoms with Gasteiger partial charge in [0.25, 0.3) is 0 Å². The van der Waals surface area contributed by atoms with Gasteiger partial charge in [-0.15, -0.1) is 0 Å². The van der Waals surface area contributed by atoms with Crippen molar-refractivity contribution in [2.24, 2.45) is 0 Å². The molecule has 0 aliphatic carbocycles. The topological polar surface area (TPSA) is 61.1 Å². The van der Waals surface area contributed by atoms with Crippen molar-refractivity contribution < 1.29 is 9.90 Å². The normalized spacial score (nSPS) is 17.0. The number of pyridine rings is 1. The molecule has 0 aromatic carbocycles. The van der Waals surface area contributed by atoms with Crippen molar-refractivity contribution in [1.82, 2.24) is 19.2 Å². The zero-order valence-electron chi connectivity index (χ0n) is 14.7. The Morgan fingerprint density at radius 3 is 2.79 bits per heavy atom. The van der Waals surface area contributed by atoms with Crippen molar-refractivity contribution in [3.05, 3.63) is 35.3 Å². The van der Waals surface area contributed by atoms with Crippen LogP contribution in [0.3, 0.4) is 0 Å². The highest BCUT2D eigenvalue weighted by Gasteiger charge is 2.23. The maximum absolute atomic E-state index is 11.2. The Balaban J connectivity index is 1.87. The molecule has 2 aromatic heterocycles. The number of nitrogens with zero attached hydrogens (tertiary/aromatic N) is 4. The maximum Gasteiger partial charge on any atom is 0.309 e. The van der Waals surface area contributed by atoms with E-state index in [-0.39, 0.29) is 6.42 Å². The van der Waals surface area contributed by atoms with Gasteiger partial charge in [-0.3, -0.25) is 9.69 Å². The van der Waals surface area contributed by atoms with Gasteiger partial charge in [-0.25, -0.2) is 4.98 Å². The average molecular weight is 330 g/mol. The fourth-order valence-corrected chi connectivity index (χ4v) is 3.50. The summed E-state index contributed by atoms with van der Waals surface area (Å²) in [6.45, 7) is 4.98. The number of imidazole rings is 1. The predicted octanol–water partition coefficient (Wildman–Crippen LogP) is 1.80. The number of aliphatic carboxylic acids is 1. The second-order valence-electron chi connectivity index (χ2n) is 6.96. The van der Waals surface area contributed by atoms with E-state index in [9.17, 15) is 9.90 Å². The van der Waals surface area contributed by atoms with Crippen LogP contribution in [0.15, 0.2) is 18.3 Å². The van der Waals surface area contributed by atoms with Crippen LogP contribution in [-0.4, -0.2) is 63.5 Å². The summed E-state index contributed by atoms with van der Waals surface area (Å²) in [6, 6.07) is 4.58. The van der Waals surface area contributed by atoms with E-state index in [2.05, 4.69) is 28.9 Å². The molecule has 24 heavy (non-hydrogen) atoms. The van der Waals surface area contributed by atoms with Crippen LogP contribution in [0.25, 0.3) is 5.65 Å². The molecule has 1 fully saturated rings. The number of aryl methyl sites for hydroxylation is 1. The summed E-state index contributed by atoms with van der Waals surface area (Å²) < 4.78 is 2.04. The van der Waals surface area contributed by atoms with Crippen LogP contribution in [-0.2, 0) is 17.8 Å². The van der Waals surface area contributed by atoms with E-state index in [4.69, 9.17) is 0 Å². The van der Waals surface area contributed by atoms with Crippen molar-refractivity contribution in [3.8, 4) is 0 Å². The number of likely N-dealkylation sites (tertiary alicyclic amines) is 1. The van der Waals surface area contributed by atoms with Crippen LogP contribution >= 0.6 is 0 Å². The molecule has 0 unspecified atom stereocenters. The summed E-state index contributed by atoms with van der Waals surface area (Å²) in [5, 5.41) is 9.21. The summed E-state index contributed by atoms with van der Waals surface area (Å²) in [5.74, 6) is -0.835. The Labute approximate surface area is 142 Å². The quantitative estimate of drug-likeness (QED) is 0.906. The lowest BCUT2D eigenvalue weighted by Crippen LogP contribution is -2.41. The van der Waals surface area contributed by atoms with E-state index in [0.29, 0.717) is 11.7 Å². The van der Waals surface area contributed by atoms with E-state index in [1.54, 1.807) is 0 Å². The smallest absolute Gasteiger partial charge is 0.309 e. The number of aromatic nitrogens is 2. The van der Waals surface area contributed by atoms with Gasteiger partial charge in [0.15, 0.2) is 0 Å². The predicted molar refractivity (Wildman–Crippen MR) is 93.3 cm³/mol. The van der Waals surface area contributed by atoms with Gasteiger partial charge in [-0.2, -0.15) is 0 Å². The lowest BCUT2D eigenvalue weighted by atomic mass is 10.0. The molecule has 2 aromatic rings. The van der Waals surface area contributed by atoms with E-state index >= 15 is 0 Å². The van der Waals surface area contributed by atoms with Gasteiger partial charge in [0.1, 0.15) is 5.65 Å². The lowest BCUT2D eigenvalue weighted by molar-refractivity contribution is -0.136. The highest BCUT2D eigenvalue weighted by Crippen LogP contribution is 2.20. The van der Waals surface area contributed by atoms with Crippen LogP contribution in [0, 0.1) is 6.92 Å². The molecule has 1 N–H and O–H groups in total. The Hall–Kier alpha value is -1.92. The summed E-state index contributed by atoms with van der Waals surface area (Å²) in [5.41, 5.74) is 3.63. The first-order valence-electron chi connectivity index (χ1n) is 8.51. The minimum Gasteiger partial charge on any atom is -0.481 e. The van der Waals surface area contributed by atoms with Crippen LogP contribution < -0.4 is 0 Å². The van der Waals surface area contributed by atoms with E-state index < -0.39 is 5.97 Å². The highest BCUT2D eigenvalue weighted by atomic mass is 16.4. The van der Waals surface area contributed by atoms with Crippen molar-refractivity contribution in [1.29, 1.82) is 0 Å². The molecule has 1 aliphatic heterocycles. The average Bonchev–Trinajstić information content (AvgIpc) is 2.83. The Morgan fingerprint density at radius 1 is 1.42 bits per heavy atom. The van der Waals surface area contributed by atoms with Crippen molar-refractivity contribution in [3.63, 3.8) is 0 Å². The number of hydrogen-bond donors (Lipinski definition) is 1. The van der Waals surface area contributed by atoms with Crippen LogP contribution in [0.2, 0.25) is 0 Å². The minimum atomic E-state index is -0.835. The number of piperidine rings is 1. The fourth-order valence-electron chi connectivity index (χ4n) is 3.50. The van der Waals surface area contributed by atoms with Gasteiger partial charge in [0, 0.05) is 18.8 Å². The molecule has 0 bridgehead atoms. The number of carboxylic acids is 1. The minimum absolute atomic E-state index is 0.0305. The molecule has 3 rings (SSSR count). The molecule has 0 atom stereocenters. The molecule has 0 radical (unpaired) electrons. The number of carboxylic acid groups (broad SMARTS) is 1. The summed E-state index contributed by atoms with van der Waals surface area (Å²) in [4.78, 5) is 20.5. The summed E-state index contributed by atoms with van der Waals surface area (Å²) in [6.07, 6.45) is 4.27. The van der Waals surface area contributed by atoms with E-state index in [0.717, 1.165) is 49.4 Å². The molecule has 1 saturated heterocycles. The van der Waals surface area contributed by atoms with Gasteiger partial charge >= 0.3 is 5.97 Å². The summed E-state index contributed by atoms with van der Waals surface area (Å²) >= 11 is 0. The largest absolute Gasteiger partial charge is 0.481 e. The lowest BCUT2D eigenvalue weighted by Gasteiger charge is -2.35. The number of rotatable bonds is 5. The second kappa shape index (κ2) is 6.91. The zero-order chi connectivity index (χ0) is 17.3. The van der Waals surface area contributed by atoms with Gasteiger partial charge in [0.05, 0.1) is 17.8 Å². The van der Waals surface area contributed by atoms with Gasteiger partial charge in [0.2, 0.25) is 0 Å². The summed E-state index contributed by atoms with van der Waals surface area (Å²) in [7, 11) is 4.29. The first-order valence-corrected chi connectivity index (χ1v) is 8.51. The zero-order valence-corrected chi connectivity index (χ0v) is 14.7. The molecular formula is C18H26N4O2. The Kier molecular flexibility index (Phi) is 4.87. The number of fused-ring (bicyclic) bond motifs is 1. The number of hydrogen-bond acceptors (Lipinski definition) is 4. The monoisotopic (exact) mass is 330 g/mol. The SMILES string of the molecule is Cc1ccn2c(CN(C)C3CCN(C)CC3)c(CC(=O)O)nc2c1. The molecule has 6 nitrogen and oxygen atoms in total. The molecule has 130 valence electrons. The molecule has 6 heteroatoms. The van der Waals surface area contributed by atoms with Crippen LogP contribution in [0.5, 0.6) is 0 Å². The van der Waals surface area contributed by atoms with Crippen molar-refractivity contribution >= 4 is 11.6 Å². The van der Waals surface area contributed by atoms with Crippen molar-refractivity contribution in [2.45, 2.75) is 38.8 Å². The Bertz CT molecular complexity index is 732. The maximum atomic E-state index is 11.2. The molecule has 0 spiro atoms. The van der Waals surface area contributed by atoms with E-state index in [1.807, 2.05) is 29.7 Å². The van der Waals surface area contributed by atoms with Gasteiger partial charge in [-0.05, 0) is 64.6 Å². The third kappa shape index (κ3) is 3.60. The van der Waals surface area contributed by atoms with Crippen LogP contribution in [0.4, 0.5) is 0 Å². The Morgan fingerprint density at radius 2 is 2.12 bits per heavy atom. The third-order valence-electron chi connectivity index (χ3n) is 4.99. The standard InChI is InChI=1S/C18H26N4O2/c1-13-4-9-22-16(15(11-18(23)24)19-17(22)10-13)12-21(3)14-5-7-20(2)8-6-14/h4,9-10,14H,5-8,11-12H2,1-3H3,(H,23,24). The van der Waals surface area contributed by atoms with Crippen molar-refractivity contribution in [2.75, 3.05) is 27.2 Å². The first-order chi connectivity index (χ1) is 11.4. The molecular weight excluding hydrogens is 304 g/mol. The van der Waals surface area contributed by atoms with E-state index in [1.165, 1.54) is 0 Å². The first kappa shape index (κ1) is 16.9. The fraction of sp³-hybridized carbons (Fsp3) is 0.556. The number of carbonyl (C=O) groups is 1. The third-order valence-corrected chi connectivity index (χ3v) is 4.99. The van der Waals surface area contributed by atoms with Gasteiger partial charge in [-0.1, -0.05) is 0 Å². The molecule has 0 saturated carbocycles. The molecule has 1 aliphatic rings. The van der Waals surface area contributed by atoms with Crippen LogP contribution in [0.1, 0.15) is 29.8 Å². The van der Waals surface area contributed by atoms with Gasteiger partial charge < -0.3 is 14.4 Å². The second-order valence-corrected chi connectivity index (χ2v) is 6.96. The molecule has 0 amide bonds. The molecule has 3 heterocycles. The highest BCUT2D eigenvalue weighted by molar-refractivity contribution is 5.70.